The van der Waals surface area contributed by atoms with Gasteiger partial charge in [0.2, 0.25) is 0 Å². The van der Waals surface area contributed by atoms with Crippen LogP contribution in [0.25, 0.3) is 0 Å². The Hall–Kier alpha value is -3.13. The molecule has 0 saturated carbocycles. The SMILES string of the molecule is CC(=O)c1ccc(C#CCNC(=O)OCc2ccccc2)cn1. The lowest BCUT2D eigenvalue weighted by atomic mass is 10.2. The summed E-state index contributed by atoms with van der Waals surface area (Å²) in [6.07, 6.45) is 1.01. The second-order valence-corrected chi connectivity index (χ2v) is 4.71. The highest BCUT2D eigenvalue weighted by molar-refractivity contribution is 5.92. The highest BCUT2D eigenvalue weighted by Gasteiger charge is 2.01. The van der Waals surface area contributed by atoms with E-state index in [9.17, 15) is 9.59 Å². The molecule has 0 bridgehead atoms. The van der Waals surface area contributed by atoms with Crippen LogP contribution in [0.2, 0.25) is 0 Å². The minimum atomic E-state index is -0.520. The fourth-order valence-corrected chi connectivity index (χ4v) is 1.71. The quantitative estimate of drug-likeness (QED) is 0.696. The van der Waals surface area contributed by atoms with Crippen LogP contribution in [0.15, 0.2) is 48.7 Å². The summed E-state index contributed by atoms with van der Waals surface area (Å²) in [6.45, 7) is 1.84. The van der Waals surface area contributed by atoms with Crippen LogP contribution in [0.3, 0.4) is 0 Å². The number of hydrogen-bond donors (Lipinski definition) is 1. The first kappa shape index (κ1) is 16.2. The van der Waals surface area contributed by atoms with E-state index in [0.717, 1.165) is 5.56 Å². The van der Waals surface area contributed by atoms with Gasteiger partial charge in [-0.1, -0.05) is 42.2 Å². The normalized spacial score (nSPS) is 9.43. The number of benzene rings is 1. The molecule has 1 aromatic carbocycles. The molecule has 0 atom stereocenters. The number of nitrogens with zero attached hydrogens (tertiary/aromatic N) is 1. The molecular formula is C18H16N2O3. The van der Waals surface area contributed by atoms with E-state index in [1.165, 1.54) is 13.1 Å². The summed E-state index contributed by atoms with van der Waals surface area (Å²) in [6, 6.07) is 12.8. The van der Waals surface area contributed by atoms with E-state index in [4.69, 9.17) is 4.74 Å². The van der Waals surface area contributed by atoms with E-state index >= 15 is 0 Å². The van der Waals surface area contributed by atoms with Gasteiger partial charge in [0.15, 0.2) is 5.78 Å². The minimum absolute atomic E-state index is 0.0904. The first-order valence-corrected chi connectivity index (χ1v) is 7.05. The van der Waals surface area contributed by atoms with Crippen LogP contribution < -0.4 is 5.32 Å². The molecule has 0 saturated heterocycles. The van der Waals surface area contributed by atoms with Gasteiger partial charge in [-0.05, 0) is 17.7 Å². The lowest BCUT2D eigenvalue weighted by Crippen LogP contribution is -2.24. The van der Waals surface area contributed by atoms with Gasteiger partial charge in [-0.2, -0.15) is 0 Å². The summed E-state index contributed by atoms with van der Waals surface area (Å²) in [7, 11) is 0. The molecule has 0 aliphatic rings. The van der Waals surface area contributed by atoms with Crippen molar-refractivity contribution in [2.75, 3.05) is 6.54 Å². The predicted octanol–water partition coefficient (Wildman–Crippen LogP) is 2.56. The number of ether oxygens (including phenoxy) is 1. The Morgan fingerprint density at radius 1 is 1.17 bits per heavy atom. The van der Waals surface area contributed by atoms with E-state index < -0.39 is 6.09 Å². The van der Waals surface area contributed by atoms with Crippen LogP contribution in [-0.2, 0) is 11.3 Å². The molecule has 2 rings (SSSR count). The molecule has 0 spiro atoms. The maximum atomic E-state index is 11.5. The average Bonchev–Trinajstić information content (AvgIpc) is 2.58. The largest absolute Gasteiger partial charge is 0.445 e. The maximum Gasteiger partial charge on any atom is 0.408 e. The number of ketones is 1. The second kappa shape index (κ2) is 8.35. The van der Waals surface area contributed by atoms with E-state index in [1.54, 1.807) is 12.1 Å². The summed E-state index contributed by atoms with van der Waals surface area (Å²) in [5.74, 6) is 5.55. The van der Waals surface area contributed by atoms with Gasteiger partial charge >= 0.3 is 6.09 Å². The third-order valence-corrected chi connectivity index (χ3v) is 2.89. The van der Waals surface area contributed by atoms with Gasteiger partial charge in [0.25, 0.3) is 0 Å². The van der Waals surface area contributed by atoms with Crippen molar-refractivity contribution in [3.8, 4) is 11.8 Å². The summed E-state index contributed by atoms with van der Waals surface area (Å²) in [4.78, 5) is 26.6. The Labute approximate surface area is 134 Å². The van der Waals surface area contributed by atoms with E-state index in [-0.39, 0.29) is 18.9 Å². The molecule has 23 heavy (non-hydrogen) atoms. The van der Waals surface area contributed by atoms with Crippen molar-refractivity contribution in [1.82, 2.24) is 10.3 Å². The van der Waals surface area contributed by atoms with Crippen LogP contribution in [0.1, 0.15) is 28.5 Å². The third-order valence-electron chi connectivity index (χ3n) is 2.89. The number of hydrogen-bond acceptors (Lipinski definition) is 4. The number of pyridine rings is 1. The van der Waals surface area contributed by atoms with Gasteiger partial charge in [-0.25, -0.2) is 4.79 Å². The number of rotatable bonds is 4. The van der Waals surface area contributed by atoms with E-state index in [2.05, 4.69) is 22.1 Å². The summed E-state index contributed by atoms with van der Waals surface area (Å²) in [5.41, 5.74) is 2.00. The molecule has 0 aliphatic carbocycles. The van der Waals surface area contributed by atoms with Gasteiger partial charge in [0.05, 0.1) is 6.54 Å². The average molecular weight is 308 g/mol. The zero-order chi connectivity index (χ0) is 16.5. The minimum Gasteiger partial charge on any atom is -0.445 e. The number of amides is 1. The molecule has 0 unspecified atom stereocenters. The first-order chi connectivity index (χ1) is 11.1. The Balaban J connectivity index is 1.74. The van der Waals surface area contributed by atoms with Crippen LogP contribution in [0, 0.1) is 11.8 Å². The monoisotopic (exact) mass is 308 g/mol. The fraction of sp³-hybridized carbons (Fsp3) is 0.167. The number of Topliss-reactive ketones (excluding diaryl/α,β-unsaturated/α-hetero) is 1. The highest BCUT2D eigenvalue weighted by Crippen LogP contribution is 2.00. The molecule has 1 amide bonds. The van der Waals surface area contributed by atoms with Crippen molar-refractivity contribution in [2.24, 2.45) is 0 Å². The number of nitrogens with one attached hydrogen (secondary N) is 1. The van der Waals surface area contributed by atoms with Crippen molar-refractivity contribution in [3.05, 3.63) is 65.5 Å². The van der Waals surface area contributed by atoms with Crippen LogP contribution >= 0.6 is 0 Å². The Bertz CT molecular complexity index is 728. The van der Waals surface area contributed by atoms with Crippen molar-refractivity contribution in [1.29, 1.82) is 0 Å². The second-order valence-electron chi connectivity index (χ2n) is 4.71. The van der Waals surface area contributed by atoms with Crippen molar-refractivity contribution in [2.45, 2.75) is 13.5 Å². The van der Waals surface area contributed by atoms with E-state index in [1.807, 2.05) is 30.3 Å². The highest BCUT2D eigenvalue weighted by atomic mass is 16.5. The Kier molecular flexibility index (Phi) is 5.89. The smallest absolute Gasteiger partial charge is 0.408 e. The number of alkyl carbamates (subject to hydrolysis) is 1. The van der Waals surface area contributed by atoms with E-state index in [0.29, 0.717) is 11.3 Å². The van der Waals surface area contributed by atoms with Crippen LogP contribution in [-0.4, -0.2) is 23.4 Å². The molecular weight excluding hydrogens is 292 g/mol. The van der Waals surface area contributed by atoms with Crippen LogP contribution in [0.4, 0.5) is 4.79 Å². The van der Waals surface area contributed by atoms with Crippen molar-refractivity contribution >= 4 is 11.9 Å². The van der Waals surface area contributed by atoms with Crippen molar-refractivity contribution < 1.29 is 14.3 Å². The van der Waals surface area contributed by atoms with Gasteiger partial charge in [-0.15, -0.1) is 0 Å². The summed E-state index contributed by atoms with van der Waals surface area (Å²) < 4.78 is 5.05. The molecule has 1 N–H and O–H groups in total. The van der Waals surface area contributed by atoms with Crippen LogP contribution in [0.5, 0.6) is 0 Å². The molecule has 5 nitrogen and oxygen atoms in total. The number of carbonyl (C=O) groups excluding carboxylic acids is 2. The topological polar surface area (TPSA) is 68.3 Å². The summed E-state index contributed by atoms with van der Waals surface area (Å²) >= 11 is 0. The predicted molar refractivity (Wildman–Crippen MR) is 85.7 cm³/mol. The Morgan fingerprint density at radius 2 is 1.96 bits per heavy atom. The first-order valence-electron chi connectivity index (χ1n) is 7.05. The molecule has 0 radical (unpaired) electrons. The Morgan fingerprint density at radius 3 is 2.61 bits per heavy atom. The standard InChI is InChI=1S/C18H16N2O3/c1-14(21)17-10-9-15(12-20-17)8-5-11-19-18(22)23-13-16-6-3-2-4-7-16/h2-4,6-7,9-10,12H,11,13H2,1H3,(H,19,22). The van der Waals surface area contributed by atoms with Gasteiger partial charge in [0, 0.05) is 18.7 Å². The molecule has 1 heterocycles. The molecule has 0 aliphatic heterocycles. The molecule has 5 heteroatoms. The maximum absolute atomic E-state index is 11.5. The lowest BCUT2D eigenvalue weighted by molar-refractivity contribution is 0.101. The molecule has 2 aromatic rings. The van der Waals surface area contributed by atoms with Gasteiger partial charge in [-0.3, -0.25) is 9.78 Å². The lowest BCUT2D eigenvalue weighted by Gasteiger charge is -2.04. The zero-order valence-corrected chi connectivity index (χ0v) is 12.7. The van der Waals surface area contributed by atoms with Gasteiger partial charge in [0.1, 0.15) is 12.3 Å². The number of aromatic nitrogens is 1. The zero-order valence-electron chi connectivity index (χ0n) is 12.7. The summed E-state index contributed by atoms with van der Waals surface area (Å²) in [5, 5.41) is 2.54. The molecule has 0 fully saturated rings. The van der Waals surface area contributed by atoms with Gasteiger partial charge < -0.3 is 10.1 Å². The molecule has 116 valence electrons. The van der Waals surface area contributed by atoms with Crippen molar-refractivity contribution in [3.63, 3.8) is 0 Å². The fourth-order valence-electron chi connectivity index (χ4n) is 1.71. The number of carbonyl (C=O) groups is 2. The molecule has 1 aromatic heterocycles. The third kappa shape index (κ3) is 5.64.